The summed E-state index contributed by atoms with van der Waals surface area (Å²) in [5.74, 6) is 0.754. The molecule has 1 unspecified atom stereocenters. The predicted octanol–water partition coefficient (Wildman–Crippen LogP) is 3.63. The topological polar surface area (TPSA) is 15.6 Å². The molecule has 0 aromatic heterocycles. The van der Waals surface area contributed by atoms with Gasteiger partial charge in [-0.1, -0.05) is 19.1 Å². The number of hydrogen-bond donors (Lipinski definition) is 0. The summed E-state index contributed by atoms with van der Waals surface area (Å²) in [6, 6.07) is 7.02. The quantitative estimate of drug-likeness (QED) is 0.761. The first kappa shape index (κ1) is 13.8. The summed E-state index contributed by atoms with van der Waals surface area (Å²) < 4.78 is 0. The Balaban J connectivity index is 1.95. The second-order valence-corrected chi connectivity index (χ2v) is 7.03. The van der Waals surface area contributed by atoms with E-state index >= 15 is 0 Å². The van der Waals surface area contributed by atoms with Gasteiger partial charge in [-0.3, -0.25) is 9.89 Å². The van der Waals surface area contributed by atoms with E-state index in [1.807, 2.05) is 0 Å². The van der Waals surface area contributed by atoms with Crippen molar-refractivity contribution in [1.82, 2.24) is 4.90 Å². The van der Waals surface area contributed by atoms with Crippen molar-refractivity contribution in [2.45, 2.75) is 45.6 Å². The molecule has 0 saturated carbocycles. The van der Waals surface area contributed by atoms with E-state index in [0.717, 1.165) is 31.8 Å². The lowest BCUT2D eigenvalue weighted by Gasteiger charge is -2.41. The van der Waals surface area contributed by atoms with Crippen molar-refractivity contribution in [3.63, 3.8) is 0 Å². The summed E-state index contributed by atoms with van der Waals surface area (Å²) in [4.78, 5) is 7.24. The fraction of sp³-hybridized carbons (Fsp3) is 0.611. The molecule has 2 heteroatoms. The van der Waals surface area contributed by atoms with E-state index in [1.165, 1.54) is 28.8 Å². The van der Waals surface area contributed by atoms with Crippen LogP contribution in [0.5, 0.6) is 0 Å². The number of fused-ring (bicyclic) bond motifs is 1. The number of likely N-dealkylation sites (N-methyl/N-ethyl adjacent to an activating group) is 1. The van der Waals surface area contributed by atoms with Crippen molar-refractivity contribution in [3.05, 3.63) is 34.9 Å². The van der Waals surface area contributed by atoms with Gasteiger partial charge in [0.25, 0.3) is 0 Å². The molecule has 2 aliphatic rings. The lowest BCUT2D eigenvalue weighted by molar-refractivity contribution is 0.143. The molecule has 2 aliphatic heterocycles. The third-order valence-electron chi connectivity index (χ3n) is 5.24. The lowest BCUT2D eigenvalue weighted by Crippen LogP contribution is -2.44. The molecule has 2 nitrogen and oxygen atoms in total. The van der Waals surface area contributed by atoms with Crippen molar-refractivity contribution >= 4 is 5.71 Å². The normalized spacial score (nSPS) is 26.0. The average Bonchev–Trinajstić information content (AvgIpc) is 2.44. The van der Waals surface area contributed by atoms with E-state index in [0.29, 0.717) is 0 Å². The highest BCUT2D eigenvalue weighted by Crippen LogP contribution is 2.34. The Morgan fingerprint density at radius 1 is 1.25 bits per heavy atom. The van der Waals surface area contributed by atoms with Crippen LogP contribution in [0.1, 0.15) is 50.3 Å². The maximum absolute atomic E-state index is 4.79. The number of hydrogen-bond acceptors (Lipinski definition) is 2. The zero-order chi connectivity index (χ0) is 14.3. The molecule has 1 aromatic carbocycles. The van der Waals surface area contributed by atoms with E-state index in [9.17, 15) is 0 Å². The highest BCUT2D eigenvalue weighted by atomic mass is 15.2. The highest BCUT2D eigenvalue weighted by Gasteiger charge is 2.32. The van der Waals surface area contributed by atoms with Crippen LogP contribution >= 0.6 is 0 Å². The molecule has 3 rings (SSSR count). The molecule has 0 radical (unpaired) electrons. The first-order chi connectivity index (χ1) is 9.48. The van der Waals surface area contributed by atoms with Gasteiger partial charge >= 0.3 is 0 Å². The molecule has 108 valence electrons. The van der Waals surface area contributed by atoms with Crippen molar-refractivity contribution in [3.8, 4) is 0 Å². The molecule has 0 fully saturated rings. The van der Waals surface area contributed by atoms with Gasteiger partial charge in [0.15, 0.2) is 0 Å². The van der Waals surface area contributed by atoms with Gasteiger partial charge in [0.2, 0.25) is 0 Å². The summed E-state index contributed by atoms with van der Waals surface area (Å²) in [6.45, 7) is 9.09. The van der Waals surface area contributed by atoms with Crippen molar-refractivity contribution in [2.75, 3.05) is 20.1 Å². The Labute approximate surface area is 122 Å². The molecule has 1 aromatic rings. The second kappa shape index (κ2) is 5.00. The SMILES string of the molecule is CC1CCC(c2ccc3c(c2)CCN(C)C3(C)C)=NC1. The average molecular weight is 270 g/mol. The molecule has 0 saturated heterocycles. The molecule has 0 spiro atoms. The van der Waals surface area contributed by atoms with Crippen LogP contribution in [0, 0.1) is 5.92 Å². The Morgan fingerprint density at radius 2 is 2.05 bits per heavy atom. The minimum atomic E-state index is 0.148. The summed E-state index contributed by atoms with van der Waals surface area (Å²) >= 11 is 0. The van der Waals surface area contributed by atoms with Crippen molar-refractivity contribution < 1.29 is 0 Å². The standard InChI is InChI=1S/C18H26N2/c1-13-5-8-17(19-12-13)15-6-7-16-14(11-15)9-10-20(4)18(16,2)3/h6-7,11,13H,5,8-10,12H2,1-4H3. The van der Waals surface area contributed by atoms with E-state index in [1.54, 1.807) is 0 Å². The molecule has 20 heavy (non-hydrogen) atoms. The number of benzene rings is 1. The summed E-state index contributed by atoms with van der Waals surface area (Å²) in [5, 5.41) is 0. The minimum Gasteiger partial charge on any atom is -0.297 e. The molecular weight excluding hydrogens is 244 g/mol. The van der Waals surface area contributed by atoms with Gasteiger partial charge in [0.05, 0.1) is 0 Å². The fourth-order valence-electron chi connectivity index (χ4n) is 3.41. The van der Waals surface area contributed by atoms with Gasteiger partial charge in [0, 0.05) is 24.3 Å². The molecule has 0 N–H and O–H groups in total. The number of aliphatic imine (C=N–C) groups is 1. The van der Waals surface area contributed by atoms with Crippen LogP contribution in [0.4, 0.5) is 0 Å². The summed E-state index contributed by atoms with van der Waals surface area (Å²) in [7, 11) is 2.23. The molecule has 0 aliphatic carbocycles. The smallest absolute Gasteiger partial charge is 0.0420 e. The van der Waals surface area contributed by atoms with Crippen LogP contribution in [0.3, 0.4) is 0 Å². The third kappa shape index (κ3) is 2.31. The first-order valence-electron chi connectivity index (χ1n) is 7.87. The lowest BCUT2D eigenvalue weighted by atomic mass is 9.82. The van der Waals surface area contributed by atoms with Crippen LogP contribution in [-0.2, 0) is 12.0 Å². The molecular formula is C18H26N2. The van der Waals surface area contributed by atoms with Crippen LogP contribution in [0.2, 0.25) is 0 Å². The number of rotatable bonds is 1. The Morgan fingerprint density at radius 3 is 2.75 bits per heavy atom. The van der Waals surface area contributed by atoms with E-state index in [4.69, 9.17) is 4.99 Å². The van der Waals surface area contributed by atoms with Crippen LogP contribution in [0.15, 0.2) is 23.2 Å². The summed E-state index contributed by atoms with van der Waals surface area (Å²) in [6.07, 6.45) is 3.58. The van der Waals surface area contributed by atoms with Gasteiger partial charge in [-0.05, 0) is 68.8 Å². The predicted molar refractivity (Wildman–Crippen MR) is 85.6 cm³/mol. The van der Waals surface area contributed by atoms with Crippen LogP contribution in [0.25, 0.3) is 0 Å². The number of nitrogens with zero attached hydrogens (tertiary/aromatic N) is 2. The van der Waals surface area contributed by atoms with Crippen LogP contribution in [-0.4, -0.2) is 30.7 Å². The fourth-order valence-corrected chi connectivity index (χ4v) is 3.41. The third-order valence-corrected chi connectivity index (χ3v) is 5.24. The van der Waals surface area contributed by atoms with Gasteiger partial charge < -0.3 is 0 Å². The maximum atomic E-state index is 4.79. The van der Waals surface area contributed by atoms with E-state index < -0.39 is 0 Å². The molecule has 1 atom stereocenters. The molecule has 2 heterocycles. The highest BCUT2D eigenvalue weighted by molar-refractivity contribution is 6.01. The zero-order valence-electron chi connectivity index (χ0n) is 13.2. The van der Waals surface area contributed by atoms with Gasteiger partial charge in [-0.15, -0.1) is 0 Å². The van der Waals surface area contributed by atoms with Gasteiger partial charge in [0.1, 0.15) is 0 Å². The van der Waals surface area contributed by atoms with Crippen molar-refractivity contribution in [1.29, 1.82) is 0 Å². The zero-order valence-corrected chi connectivity index (χ0v) is 13.2. The van der Waals surface area contributed by atoms with Crippen LogP contribution < -0.4 is 0 Å². The minimum absolute atomic E-state index is 0.148. The molecule has 0 amide bonds. The van der Waals surface area contributed by atoms with Gasteiger partial charge in [-0.2, -0.15) is 0 Å². The maximum Gasteiger partial charge on any atom is 0.0420 e. The van der Waals surface area contributed by atoms with Gasteiger partial charge in [-0.25, -0.2) is 0 Å². The summed E-state index contributed by atoms with van der Waals surface area (Å²) in [5.41, 5.74) is 5.83. The largest absolute Gasteiger partial charge is 0.297 e. The Kier molecular flexibility index (Phi) is 3.45. The Hall–Kier alpha value is -1.15. The van der Waals surface area contributed by atoms with Crippen molar-refractivity contribution in [2.24, 2.45) is 10.9 Å². The van der Waals surface area contributed by atoms with E-state index in [-0.39, 0.29) is 5.54 Å². The Bertz CT molecular complexity index is 542. The first-order valence-corrected chi connectivity index (χ1v) is 7.87. The second-order valence-electron chi connectivity index (χ2n) is 7.03. The molecule has 0 bridgehead atoms. The van der Waals surface area contributed by atoms with E-state index in [2.05, 4.69) is 50.9 Å². The monoisotopic (exact) mass is 270 g/mol.